The minimum atomic E-state index is -0.845. The first-order chi connectivity index (χ1) is 13.5. The minimum Gasteiger partial charge on any atom is -0.457 e. The second kappa shape index (κ2) is 10.6. The lowest BCUT2D eigenvalue weighted by Crippen LogP contribution is -2.34. The normalized spacial score (nSPS) is 15.1. The van der Waals surface area contributed by atoms with E-state index in [9.17, 15) is 9.59 Å². The standard InChI is InChI=1S/C22H26O6/c1-15(27-21(23)19(25-3)17-11-7-5-8-12-17)16(2)28-22(24)20(26-4)18-13-9-6-10-14-18/h5-16,19-20H,1-4H3/t15-,16-,19-,20-/m0/s1. The van der Waals surface area contributed by atoms with Gasteiger partial charge in [0.15, 0.2) is 12.2 Å². The molecule has 0 heterocycles. The fraction of sp³-hybridized carbons (Fsp3) is 0.364. The van der Waals surface area contributed by atoms with Crippen LogP contribution < -0.4 is 0 Å². The predicted octanol–water partition coefficient (Wildman–Crippen LogP) is 3.63. The summed E-state index contributed by atoms with van der Waals surface area (Å²) in [6, 6.07) is 18.1. The molecule has 0 spiro atoms. The highest BCUT2D eigenvalue weighted by Crippen LogP contribution is 2.22. The van der Waals surface area contributed by atoms with Crippen molar-refractivity contribution in [1.82, 2.24) is 0 Å². The molecule has 6 heteroatoms. The summed E-state index contributed by atoms with van der Waals surface area (Å²) in [6.07, 6.45) is -3.01. The van der Waals surface area contributed by atoms with Crippen LogP contribution in [-0.2, 0) is 28.5 Å². The molecule has 2 aromatic rings. The fourth-order valence-electron chi connectivity index (χ4n) is 2.67. The molecule has 0 saturated heterocycles. The quantitative estimate of drug-likeness (QED) is 0.613. The second-order valence-corrected chi connectivity index (χ2v) is 6.34. The highest BCUT2D eigenvalue weighted by molar-refractivity contribution is 5.77. The molecule has 0 aromatic heterocycles. The van der Waals surface area contributed by atoms with Gasteiger partial charge in [-0.15, -0.1) is 0 Å². The van der Waals surface area contributed by atoms with Crippen LogP contribution >= 0.6 is 0 Å². The number of hydrogen-bond donors (Lipinski definition) is 0. The summed E-state index contributed by atoms with van der Waals surface area (Å²) < 4.78 is 21.5. The summed E-state index contributed by atoms with van der Waals surface area (Å²) >= 11 is 0. The van der Waals surface area contributed by atoms with E-state index >= 15 is 0 Å². The predicted molar refractivity (Wildman–Crippen MR) is 103 cm³/mol. The smallest absolute Gasteiger partial charge is 0.340 e. The molecule has 0 saturated carbocycles. The molecule has 0 amide bonds. The Kier molecular flexibility index (Phi) is 8.17. The Morgan fingerprint density at radius 2 is 0.964 bits per heavy atom. The molecular formula is C22H26O6. The Labute approximate surface area is 165 Å². The van der Waals surface area contributed by atoms with E-state index in [1.807, 2.05) is 36.4 Å². The molecular weight excluding hydrogens is 360 g/mol. The highest BCUT2D eigenvalue weighted by atomic mass is 16.6. The molecule has 28 heavy (non-hydrogen) atoms. The largest absolute Gasteiger partial charge is 0.457 e. The van der Waals surface area contributed by atoms with E-state index in [2.05, 4.69) is 0 Å². The maximum Gasteiger partial charge on any atom is 0.340 e. The molecule has 6 nitrogen and oxygen atoms in total. The number of carbonyl (C=O) groups is 2. The Bertz CT molecular complexity index is 681. The van der Waals surface area contributed by atoms with Crippen LogP contribution in [0.5, 0.6) is 0 Å². The number of rotatable bonds is 9. The van der Waals surface area contributed by atoms with Gasteiger partial charge in [-0.1, -0.05) is 60.7 Å². The summed E-state index contributed by atoms with van der Waals surface area (Å²) in [6.45, 7) is 3.33. The summed E-state index contributed by atoms with van der Waals surface area (Å²) in [4.78, 5) is 24.9. The highest BCUT2D eigenvalue weighted by Gasteiger charge is 2.29. The Balaban J connectivity index is 1.97. The van der Waals surface area contributed by atoms with Gasteiger partial charge in [0.05, 0.1) is 0 Å². The van der Waals surface area contributed by atoms with E-state index < -0.39 is 36.4 Å². The summed E-state index contributed by atoms with van der Waals surface area (Å²) in [5.74, 6) is -1.09. The average Bonchev–Trinajstić information content (AvgIpc) is 2.70. The van der Waals surface area contributed by atoms with Crippen LogP contribution in [0.2, 0.25) is 0 Å². The maximum atomic E-state index is 12.5. The molecule has 0 unspecified atom stereocenters. The lowest BCUT2D eigenvalue weighted by Gasteiger charge is -2.25. The SMILES string of the molecule is CO[C@H](C(=O)O[C@@H](C)[C@H](C)OC(=O)[C@@H](OC)c1ccccc1)c1ccccc1. The number of methoxy groups -OCH3 is 2. The minimum absolute atomic E-state index is 0.546. The molecule has 0 N–H and O–H groups in total. The van der Waals surface area contributed by atoms with Gasteiger partial charge in [-0.05, 0) is 25.0 Å². The molecule has 0 bridgehead atoms. The Morgan fingerprint density at radius 3 is 1.25 bits per heavy atom. The average molecular weight is 386 g/mol. The van der Waals surface area contributed by atoms with E-state index in [1.165, 1.54) is 14.2 Å². The number of benzene rings is 2. The van der Waals surface area contributed by atoms with Crippen molar-refractivity contribution in [3.63, 3.8) is 0 Å². The van der Waals surface area contributed by atoms with E-state index in [0.717, 1.165) is 0 Å². The first-order valence-corrected chi connectivity index (χ1v) is 9.04. The van der Waals surface area contributed by atoms with Gasteiger partial charge in [-0.25, -0.2) is 9.59 Å². The molecule has 0 radical (unpaired) electrons. The van der Waals surface area contributed by atoms with Crippen molar-refractivity contribution in [2.75, 3.05) is 14.2 Å². The molecule has 0 aliphatic heterocycles. The molecule has 150 valence electrons. The van der Waals surface area contributed by atoms with Crippen molar-refractivity contribution in [3.05, 3.63) is 71.8 Å². The van der Waals surface area contributed by atoms with Crippen molar-refractivity contribution in [2.24, 2.45) is 0 Å². The Morgan fingerprint density at radius 1 is 0.643 bits per heavy atom. The summed E-state index contributed by atoms with van der Waals surface area (Å²) in [5.41, 5.74) is 1.38. The number of carbonyl (C=O) groups excluding carboxylic acids is 2. The van der Waals surface area contributed by atoms with Gasteiger partial charge in [-0.2, -0.15) is 0 Å². The number of ether oxygens (including phenoxy) is 4. The first kappa shape index (κ1) is 21.6. The molecule has 4 atom stereocenters. The summed E-state index contributed by atoms with van der Waals surface area (Å²) in [5, 5.41) is 0. The molecule has 0 aliphatic rings. The third-order valence-corrected chi connectivity index (χ3v) is 4.37. The van der Waals surface area contributed by atoms with E-state index in [0.29, 0.717) is 11.1 Å². The van der Waals surface area contributed by atoms with Crippen LogP contribution in [0, 0.1) is 0 Å². The van der Waals surface area contributed by atoms with Gasteiger partial charge in [0.1, 0.15) is 12.2 Å². The first-order valence-electron chi connectivity index (χ1n) is 9.04. The Hall–Kier alpha value is -2.70. The van der Waals surface area contributed by atoms with Crippen molar-refractivity contribution in [1.29, 1.82) is 0 Å². The third-order valence-electron chi connectivity index (χ3n) is 4.37. The lowest BCUT2D eigenvalue weighted by molar-refractivity contribution is -0.178. The molecule has 2 rings (SSSR count). The van der Waals surface area contributed by atoms with Gasteiger partial charge < -0.3 is 18.9 Å². The molecule has 0 aliphatic carbocycles. The number of hydrogen-bond acceptors (Lipinski definition) is 6. The van der Waals surface area contributed by atoms with Crippen LogP contribution in [0.1, 0.15) is 37.2 Å². The number of esters is 2. The lowest BCUT2D eigenvalue weighted by atomic mass is 10.1. The summed E-state index contributed by atoms with van der Waals surface area (Å²) in [7, 11) is 2.88. The van der Waals surface area contributed by atoms with Crippen molar-refractivity contribution >= 4 is 11.9 Å². The zero-order valence-corrected chi connectivity index (χ0v) is 16.5. The zero-order valence-electron chi connectivity index (χ0n) is 16.5. The van der Waals surface area contributed by atoms with Gasteiger partial charge in [-0.3, -0.25) is 0 Å². The van der Waals surface area contributed by atoms with Gasteiger partial charge in [0, 0.05) is 14.2 Å². The van der Waals surface area contributed by atoms with Gasteiger partial charge in [0.2, 0.25) is 0 Å². The van der Waals surface area contributed by atoms with Crippen molar-refractivity contribution in [2.45, 2.75) is 38.3 Å². The third kappa shape index (κ3) is 5.65. The second-order valence-electron chi connectivity index (χ2n) is 6.34. The van der Waals surface area contributed by atoms with Crippen LogP contribution in [0.4, 0.5) is 0 Å². The van der Waals surface area contributed by atoms with Crippen LogP contribution in [0.25, 0.3) is 0 Å². The van der Waals surface area contributed by atoms with Crippen molar-refractivity contribution in [3.8, 4) is 0 Å². The van der Waals surface area contributed by atoms with Crippen molar-refractivity contribution < 1.29 is 28.5 Å². The van der Waals surface area contributed by atoms with Gasteiger partial charge in [0.25, 0.3) is 0 Å². The van der Waals surface area contributed by atoms with Crippen LogP contribution in [0.15, 0.2) is 60.7 Å². The van der Waals surface area contributed by atoms with E-state index in [4.69, 9.17) is 18.9 Å². The van der Waals surface area contributed by atoms with Crippen LogP contribution in [0.3, 0.4) is 0 Å². The van der Waals surface area contributed by atoms with E-state index in [-0.39, 0.29) is 0 Å². The zero-order chi connectivity index (χ0) is 20.5. The molecule has 0 fully saturated rings. The monoisotopic (exact) mass is 386 g/mol. The van der Waals surface area contributed by atoms with Gasteiger partial charge >= 0.3 is 11.9 Å². The fourth-order valence-corrected chi connectivity index (χ4v) is 2.67. The molecule has 2 aromatic carbocycles. The van der Waals surface area contributed by atoms with Crippen LogP contribution in [-0.4, -0.2) is 38.4 Å². The van der Waals surface area contributed by atoms with E-state index in [1.54, 1.807) is 38.1 Å². The topological polar surface area (TPSA) is 71.1 Å². The maximum absolute atomic E-state index is 12.5.